The molecular weight excluding hydrogens is 282 g/mol. The quantitative estimate of drug-likeness (QED) is 0.758. The topological polar surface area (TPSA) is 80.1 Å². The van der Waals surface area contributed by atoms with Crippen molar-refractivity contribution in [3.05, 3.63) is 53.0 Å². The van der Waals surface area contributed by atoms with E-state index in [9.17, 15) is 4.79 Å². The van der Waals surface area contributed by atoms with E-state index in [-0.39, 0.29) is 5.91 Å². The van der Waals surface area contributed by atoms with Crippen LogP contribution in [-0.4, -0.2) is 23.2 Å². The number of aryl methyl sites for hydroxylation is 1. The Morgan fingerprint density at radius 3 is 3.05 bits per heavy atom. The minimum absolute atomic E-state index is 0.136. The lowest BCUT2D eigenvalue weighted by atomic mass is 10.1. The molecule has 2 heterocycles. The molecule has 0 saturated carbocycles. The highest BCUT2D eigenvalue weighted by Gasteiger charge is 2.09. The summed E-state index contributed by atoms with van der Waals surface area (Å²) in [6.45, 7) is 2.72. The molecule has 114 valence electrons. The number of carbonyl (C=O) groups excluding carboxylic acids is 1. The van der Waals surface area contributed by atoms with Crippen molar-refractivity contribution < 1.29 is 13.9 Å². The Labute approximate surface area is 127 Å². The van der Waals surface area contributed by atoms with Crippen molar-refractivity contribution in [1.29, 1.82) is 0 Å². The summed E-state index contributed by atoms with van der Waals surface area (Å²) in [5.41, 5.74) is 3.03. The van der Waals surface area contributed by atoms with Crippen molar-refractivity contribution in [1.82, 2.24) is 15.5 Å². The van der Waals surface area contributed by atoms with Gasteiger partial charge >= 0.3 is 0 Å². The van der Waals surface area contributed by atoms with Gasteiger partial charge in [-0.25, -0.2) is 0 Å². The fourth-order valence-corrected chi connectivity index (χ4v) is 2.32. The second-order valence-electron chi connectivity index (χ2n) is 5.11. The predicted octanol–water partition coefficient (Wildman–Crippen LogP) is 2.54. The van der Waals surface area contributed by atoms with E-state index >= 15 is 0 Å². The van der Waals surface area contributed by atoms with E-state index in [2.05, 4.69) is 15.5 Å². The molecule has 0 saturated heterocycles. The molecule has 0 atom stereocenters. The van der Waals surface area contributed by atoms with Crippen molar-refractivity contribution in [2.75, 3.05) is 7.11 Å². The van der Waals surface area contributed by atoms with Gasteiger partial charge in [0.05, 0.1) is 24.5 Å². The number of nitrogens with one attached hydrogen (secondary N) is 2. The Morgan fingerprint density at radius 1 is 1.36 bits per heavy atom. The van der Waals surface area contributed by atoms with E-state index in [0.29, 0.717) is 18.7 Å². The third-order valence-electron chi connectivity index (χ3n) is 3.32. The van der Waals surface area contributed by atoms with Crippen LogP contribution in [0.1, 0.15) is 27.5 Å². The van der Waals surface area contributed by atoms with E-state index in [4.69, 9.17) is 9.15 Å². The minimum Gasteiger partial charge on any atom is -0.461 e. The van der Waals surface area contributed by atoms with E-state index in [1.165, 1.54) is 0 Å². The molecule has 1 aromatic carbocycles. The van der Waals surface area contributed by atoms with Crippen LogP contribution in [-0.2, 0) is 17.9 Å². The fraction of sp³-hybridized carbons (Fsp3) is 0.250. The van der Waals surface area contributed by atoms with Gasteiger partial charge in [0.25, 0.3) is 5.91 Å². The zero-order chi connectivity index (χ0) is 15.5. The van der Waals surface area contributed by atoms with E-state index in [1.807, 2.05) is 31.2 Å². The highest BCUT2D eigenvalue weighted by atomic mass is 16.5. The van der Waals surface area contributed by atoms with Crippen LogP contribution in [0.25, 0.3) is 11.0 Å². The van der Waals surface area contributed by atoms with Gasteiger partial charge in [-0.1, -0.05) is 0 Å². The number of hydrogen-bond acceptors (Lipinski definition) is 4. The summed E-state index contributed by atoms with van der Waals surface area (Å²) in [5.74, 6) is 0.694. The normalized spacial score (nSPS) is 11.0. The molecule has 0 fully saturated rings. The summed E-state index contributed by atoms with van der Waals surface area (Å²) >= 11 is 0. The van der Waals surface area contributed by atoms with Crippen molar-refractivity contribution in [3.8, 4) is 0 Å². The molecule has 2 aromatic heterocycles. The van der Waals surface area contributed by atoms with Gasteiger partial charge in [0.2, 0.25) is 0 Å². The zero-order valence-corrected chi connectivity index (χ0v) is 12.5. The number of aromatic nitrogens is 2. The predicted molar refractivity (Wildman–Crippen MR) is 81.4 cm³/mol. The average molecular weight is 299 g/mol. The van der Waals surface area contributed by atoms with Crippen LogP contribution in [0.3, 0.4) is 0 Å². The number of nitrogens with zero attached hydrogens (tertiary/aromatic N) is 1. The van der Waals surface area contributed by atoms with Gasteiger partial charge < -0.3 is 14.5 Å². The number of rotatable bonds is 5. The largest absolute Gasteiger partial charge is 0.461 e. The number of furan rings is 1. The van der Waals surface area contributed by atoms with Crippen molar-refractivity contribution in [2.45, 2.75) is 20.1 Å². The van der Waals surface area contributed by atoms with E-state index in [1.54, 1.807) is 13.2 Å². The molecule has 0 unspecified atom stereocenters. The molecule has 0 spiro atoms. The van der Waals surface area contributed by atoms with Gasteiger partial charge in [0.1, 0.15) is 11.3 Å². The Kier molecular flexibility index (Phi) is 3.93. The number of aromatic amines is 1. The zero-order valence-electron chi connectivity index (χ0n) is 12.5. The van der Waals surface area contributed by atoms with Gasteiger partial charge in [-0.05, 0) is 37.3 Å². The lowest BCUT2D eigenvalue weighted by Gasteiger charge is -2.03. The van der Waals surface area contributed by atoms with Crippen molar-refractivity contribution >= 4 is 16.9 Å². The maximum absolute atomic E-state index is 12.2. The molecule has 0 bridgehead atoms. The summed E-state index contributed by atoms with van der Waals surface area (Å²) < 4.78 is 10.5. The highest BCUT2D eigenvalue weighted by Crippen LogP contribution is 2.20. The van der Waals surface area contributed by atoms with Crippen LogP contribution in [0.15, 0.2) is 34.7 Å². The third-order valence-corrected chi connectivity index (χ3v) is 3.32. The van der Waals surface area contributed by atoms with Crippen LogP contribution >= 0.6 is 0 Å². The molecule has 2 N–H and O–H groups in total. The average Bonchev–Trinajstić information content (AvgIpc) is 3.09. The van der Waals surface area contributed by atoms with Crippen LogP contribution < -0.4 is 5.32 Å². The Bertz CT molecular complexity index is 804. The van der Waals surface area contributed by atoms with Crippen LogP contribution in [0.2, 0.25) is 0 Å². The molecule has 6 nitrogen and oxygen atoms in total. The number of methoxy groups -OCH3 is 1. The van der Waals surface area contributed by atoms with Gasteiger partial charge in [-0.2, -0.15) is 5.10 Å². The monoisotopic (exact) mass is 299 g/mol. The number of amides is 1. The summed E-state index contributed by atoms with van der Waals surface area (Å²) in [6.07, 6.45) is 0. The summed E-state index contributed by atoms with van der Waals surface area (Å²) in [4.78, 5) is 12.2. The van der Waals surface area contributed by atoms with Crippen molar-refractivity contribution in [3.63, 3.8) is 0 Å². The first kappa shape index (κ1) is 14.3. The van der Waals surface area contributed by atoms with E-state index in [0.717, 1.165) is 28.1 Å². The lowest BCUT2D eigenvalue weighted by Crippen LogP contribution is -2.22. The van der Waals surface area contributed by atoms with E-state index < -0.39 is 0 Å². The smallest absolute Gasteiger partial charge is 0.251 e. The Morgan fingerprint density at radius 2 is 2.23 bits per heavy atom. The molecule has 0 aliphatic carbocycles. The summed E-state index contributed by atoms with van der Waals surface area (Å²) in [6, 6.07) is 9.17. The number of ether oxygens (including phenoxy) is 1. The maximum atomic E-state index is 12.2. The van der Waals surface area contributed by atoms with Gasteiger partial charge in [-0.3, -0.25) is 9.89 Å². The fourth-order valence-electron chi connectivity index (χ4n) is 2.32. The second-order valence-corrected chi connectivity index (χ2v) is 5.11. The number of fused-ring (bicyclic) bond motifs is 1. The molecule has 0 radical (unpaired) electrons. The number of H-pyrrole nitrogens is 1. The molecule has 22 heavy (non-hydrogen) atoms. The first-order valence-electron chi connectivity index (χ1n) is 6.96. The number of carbonyl (C=O) groups is 1. The first-order valence-corrected chi connectivity index (χ1v) is 6.96. The Balaban J connectivity index is 1.67. The second kappa shape index (κ2) is 6.03. The summed E-state index contributed by atoms with van der Waals surface area (Å²) in [7, 11) is 1.61. The maximum Gasteiger partial charge on any atom is 0.251 e. The molecular formula is C16H17N3O3. The highest BCUT2D eigenvalue weighted by molar-refractivity contribution is 5.97. The number of hydrogen-bond donors (Lipinski definition) is 2. The van der Waals surface area contributed by atoms with Gasteiger partial charge in [-0.15, -0.1) is 0 Å². The van der Waals surface area contributed by atoms with Crippen molar-refractivity contribution in [2.24, 2.45) is 0 Å². The molecule has 1 amide bonds. The molecule has 3 aromatic rings. The summed E-state index contributed by atoms with van der Waals surface area (Å²) in [5, 5.41) is 10.7. The van der Waals surface area contributed by atoms with Gasteiger partial charge in [0.15, 0.2) is 0 Å². The van der Waals surface area contributed by atoms with Crippen LogP contribution in [0.5, 0.6) is 0 Å². The Hall–Kier alpha value is -2.60. The first-order chi connectivity index (χ1) is 10.7. The van der Waals surface area contributed by atoms with Crippen LogP contribution in [0.4, 0.5) is 0 Å². The molecule has 3 rings (SSSR count). The lowest BCUT2D eigenvalue weighted by molar-refractivity contribution is 0.0950. The number of benzene rings is 1. The minimum atomic E-state index is -0.136. The molecule has 0 aliphatic rings. The van der Waals surface area contributed by atoms with Crippen LogP contribution in [0, 0.1) is 6.92 Å². The standard InChI is InChI=1S/C16H17N3O3/c1-10-5-12-6-11(3-4-15(12)22-10)16(20)17-8-13-7-14(9-21-2)19-18-13/h3-7H,8-9H2,1-2H3,(H,17,20)(H,18,19). The third kappa shape index (κ3) is 3.01. The molecule has 0 aliphatic heterocycles. The van der Waals surface area contributed by atoms with Gasteiger partial charge in [0, 0.05) is 18.1 Å². The SMILES string of the molecule is COCc1cc(CNC(=O)c2ccc3oc(C)cc3c2)[nH]n1. The molecule has 6 heteroatoms.